The molecule has 43 heavy (non-hydrogen) atoms. The number of ketones is 1. The van der Waals surface area contributed by atoms with Gasteiger partial charge in [0, 0.05) is 43.7 Å². The second-order valence-corrected chi connectivity index (χ2v) is 12.9. The Hall–Kier alpha value is -2.81. The van der Waals surface area contributed by atoms with Crippen molar-refractivity contribution in [3.8, 4) is 11.3 Å². The minimum Gasteiger partial charge on any atom is -0.512 e. The second kappa shape index (κ2) is 13.9. The molecule has 0 aliphatic heterocycles. The largest absolute Gasteiger partial charge is 0.512 e. The molecule has 0 saturated carbocycles. The number of allylic oxidation sites excluding steroid dienone is 2. The number of aliphatic hydroxyl groups excluding tert-OH is 1. The number of fused-ring (bicyclic) bond motifs is 5. The molecule has 1 radical (unpaired) electrons. The molecule has 0 fully saturated rings. The van der Waals surface area contributed by atoms with Crippen LogP contribution in [0.15, 0.2) is 66.4 Å². The van der Waals surface area contributed by atoms with E-state index >= 15 is 0 Å². The van der Waals surface area contributed by atoms with Crippen LogP contribution in [-0.4, -0.2) is 15.9 Å². The standard InChI is InChI=1S/C26H24N.C13H24O2.Ir/c1-16-19-12-8-6-10-17(19)14-20-23(16)26(4,5)25(2,3)21-15-18-11-7-9-13-22(18)27-24(20)21;1-5-10(6-2)12(14)9-13(15)11(7-3)8-4;/h6-13,15H,1-5H3;9-11,14H,5-8H2,1-4H3;/q-1;;/b;12-9-;. The van der Waals surface area contributed by atoms with Crippen molar-refractivity contribution < 1.29 is 30.0 Å². The van der Waals surface area contributed by atoms with Crippen LogP contribution in [0.4, 0.5) is 0 Å². The summed E-state index contributed by atoms with van der Waals surface area (Å²) >= 11 is 0. The Morgan fingerprint density at radius 3 is 2.09 bits per heavy atom. The maximum absolute atomic E-state index is 11.7. The Balaban J connectivity index is 0.000000274. The van der Waals surface area contributed by atoms with Crippen LogP contribution >= 0.6 is 0 Å². The molecular weight excluding hydrogens is 707 g/mol. The van der Waals surface area contributed by atoms with Crippen LogP contribution in [0, 0.1) is 24.8 Å². The molecule has 5 rings (SSSR count). The Morgan fingerprint density at radius 1 is 0.884 bits per heavy atom. The van der Waals surface area contributed by atoms with Gasteiger partial charge in [0.25, 0.3) is 0 Å². The molecular formula is C39H48IrNO2-. The third-order valence-electron chi connectivity index (χ3n) is 10.1. The van der Waals surface area contributed by atoms with E-state index in [0.717, 1.165) is 36.9 Å². The van der Waals surface area contributed by atoms with Gasteiger partial charge in [0.1, 0.15) is 0 Å². The van der Waals surface area contributed by atoms with E-state index in [1.54, 1.807) is 0 Å². The van der Waals surface area contributed by atoms with Gasteiger partial charge >= 0.3 is 0 Å². The number of benzene rings is 3. The van der Waals surface area contributed by atoms with E-state index in [9.17, 15) is 9.90 Å². The van der Waals surface area contributed by atoms with E-state index in [1.807, 2.05) is 27.7 Å². The molecule has 1 aromatic heterocycles. The van der Waals surface area contributed by atoms with E-state index in [1.165, 1.54) is 44.5 Å². The number of aromatic nitrogens is 1. The molecule has 3 nitrogen and oxygen atoms in total. The summed E-state index contributed by atoms with van der Waals surface area (Å²) in [4.78, 5) is 16.9. The maximum atomic E-state index is 11.7. The van der Waals surface area contributed by atoms with Crippen LogP contribution in [0.3, 0.4) is 0 Å². The Labute approximate surface area is 272 Å². The summed E-state index contributed by atoms with van der Waals surface area (Å²) in [5.74, 6) is 0.547. The smallest absolute Gasteiger partial charge is 0.162 e. The van der Waals surface area contributed by atoms with Crippen LogP contribution in [-0.2, 0) is 35.7 Å². The molecule has 0 bridgehead atoms. The fraction of sp³-hybridized carbons (Fsp3) is 0.436. The Kier molecular flexibility index (Phi) is 11.2. The summed E-state index contributed by atoms with van der Waals surface area (Å²) in [6.07, 6.45) is 4.91. The van der Waals surface area contributed by atoms with Crippen LogP contribution < -0.4 is 0 Å². The monoisotopic (exact) mass is 755 g/mol. The molecule has 1 aliphatic rings. The Bertz CT molecular complexity index is 1620. The zero-order chi connectivity index (χ0) is 30.8. The van der Waals surface area contributed by atoms with Gasteiger partial charge in [-0.1, -0.05) is 121 Å². The molecule has 4 aromatic rings. The normalized spacial score (nSPS) is 15.0. The fourth-order valence-electron chi connectivity index (χ4n) is 6.61. The van der Waals surface area contributed by atoms with E-state index < -0.39 is 0 Å². The first-order valence-corrected chi connectivity index (χ1v) is 15.7. The summed E-state index contributed by atoms with van der Waals surface area (Å²) in [6.45, 7) is 19.8. The van der Waals surface area contributed by atoms with Crippen molar-refractivity contribution >= 4 is 27.5 Å². The number of hydrogen-bond acceptors (Lipinski definition) is 3. The molecule has 0 saturated heterocycles. The van der Waals surface area contributed by atoms with Crippen molar-refractivity contribution in [2.45, 2.75) is 98.8 Å². The molecule has 0 unspecified atom stereocenters. The number of hydrogen-bond donors (Lipinski definition) is 1. The first-order valence-electron chi connectivity index (χ1n) is 15.7. The van der Waals surface area contributed by atoms with Crippen LogP contribution in [0.5, 0.6) is 0 Å². The summed E-state index contributed by atoms with van der Waals surface area (Å²) in [6, 6.07) is 23.1. The molecule has 1 aliphatic carbocycles. The van der Waals surface area contributed by atoms with Gasteiger partial charge in [-0.05, 0) is 53.5 Å². The third kappa shape index (κ3) is 6.38. The predicted octanol–water partition coefficient (Wildman–Crippen LogP) is 10.6. The molecule has 1 heterocycles. The third-order valence-corrected chi connectivity index (χ3v) is 10.1. The van der Waals surface area contributed by atoms with Gasteiger partial charge in [-0.2, -0.15) is 0 Å². The summed E-state index contributed by atoms with van der Waals surface area (Å²) in [5.41, 5.74) is 7.34. The topological polar surface area (TPSA) is 50.2 Å². The van der Waals surface area contributed by atoms with E-state index in [4.69, 9.17) is 4.98 Å². The molecule has 3 aromatic carbocycles. The van der Waals surface area contributed by atoms with E-state index in [2.05, 4.69) is 95.3 Å². The van der Waals surface area contributed by atoms with Gasteiger partial charge < -0.3 is 5.11 Å². The van der Waals surface area contributed by atoms with Gasteiger partial charge in [0.2, 0.25) is 0 Å². The molecule has 4 heteroatoms. The zero-order valence-corrected chi connectivity index (χ0v) is 29.8. The van der Waals surface area contributed by atoms with Gasteiger partial charge in [-0.3, -0.25) is 9.78 Å². The summed E-state index contributed by atoms with van der Waals surface area (Å²) < 4.78 is 0. The SMILES string of the molecule is CCC(CC)C(=O)/C=C(\O)C(CC)CC.Cc1c2c([c-]c3ccccc13)-c1nc3ccccc3cc1C(C)(C)C2(C)C.[Ir]. The molecule has 231 valence electrons. The van der Waals surface area contributed by atoms with Crippen molar-refractivity contribution in [1.82, 2.24) is 4.98 Å². The zero-order valence-electron chi connectivity index (χ0n) is 27.4. The number of rotatable bonds is 7. The first-order chi connectivity index (χ1) is 19.9. The molecule has 0 amide bonds. The summed E-state index contributed by atoms with van der Waals surface area (Å²) in [5, 5.41) is 13.4. The fourth-order valence-corrected chi connectivity index (χ4v) is 6.61. The van der Waals surface area contributed by atoms with Crippen molar-refractivity contribution in [3.05, 3.63) is 89.2 Å². The van der Waals surface area contributed by atoms with E-state index in [0.29, 0.717) is 0 Å². The average molecular weight is 755 g/mol. The van der Waals surface area contributed by atoms with Gasteiger partial charge in [0.15, 0.2) is 5.78 Å². The minimum atomic E-state index is -0.0343. The number of nitrogens with zero attached hydrogens (tertiary/aromatic N) is 1. The molecule has 0 atom stereocenters. The van der Waals surface area contributed by atoms with Crippen molar-refractivity contribution in [1.29, 1.82) is 0 Å². The number of carbonyl (C=O) groups excluding carboxylic acids is 1. The van der Waals surface area contributed by atoms with Crippen molar-refractivity contribution in [3.63, 3.8) is 0 Å². The average Bonchev–Trinajstić information content (AvgIpc) is 2.97. The molecule has 0 spiro atoms. The van der Waals surface area contributed by atoms with Crippen LogP contribution in [0.2, 0.25) is 0 Å². The summed E-state index contributed by atoms with van der Waals surface area (Å²) in [7, 11) is 0. The number of aryl methyl sites for hydroxylation is 1. The number of para-hydroxylation sites is 1. The van der Waals surface area contributed by atoms with Gasteiger partial charge in [-0.25, -0.2) is 0 Å². The number of pyridine rings is 1. The van der Waals surface area contributed by atoms with Crippen molar-refractivity contribution in [2.75, 3.05) is 0 Å². The first kappa shape index (κ1) is 34.7. The molecule has 1 N–H and O–H groups in total. The van der Waals surface area contributed by atoms with Crippen LogP contribution in [0.1, 0.15) is 97.8 Å². The van der Waals surface area contributed by atoms with Crippen LogP contribution in [0.25, 0.3) is 32.9 Å². The minimum absolute atomic E-state index is 0. The van der Waals surface area contributed by atoms with Gasteiger partial charge in [0.05, 0.1) is 11.3 Å². The van der Waals surface area contributed by atoms with Gasteiger partial charge in [-0.15, -0.1) is 23.1 Å². The van der Waals surface area contributed by atoms with Crippen molar-refractivity contribution in [2.24, 2.45) is 11.8 Å². The quantitative estimate of drug-likeness (QED) is 0.116. The Morgan fingerprint density at radius 2 is 1.47 bits per heavy atom. The second-order valence-electron chi connectivity index (χ2n) is 12.9. The number of carbonyl (C=O) groups is 1. The number of aliphatic hydroxyl groups is 1. The van der Waals surface area contributed by atoms with E-state index in [-0.39, 0.29) is 54.3 Å². The maximum Gasteiger partial charge on any atom is 0.162 e. The predicted molar refractivity (Wildman–Crippen MR) is 178 cm³/mol.